The van der Waals surface area contributed by atoms with Crippen LogP contribution in [0.2, 0.25) is 0 Å². The van der Waals surface area contributed by atoms with E-state index in [9.17, 15) is 8.78 Å². The number of rotatable bonds is 3. The van der Waals surface area contributed by atoms with Crippen molar-refractivity contribution in [2.45, 2.75) is 0 Å². The molecule has 1 N–H and O–H groups in total. The quantitative estimate of drug-likeness (QED) is 0.748. The van der Waals surface area contributed by atoms with Gasteiger partial charge in [-0.1, -0.05) is 5.92 Å². The van der Waals surface area contributed by atoms with Crippen molar-refractivity contribution in [3.05, 3.63) is 23.8 Å². The van der Waals surface area contributed by atoms with Crippen molar-refractivity contribution in [1.29, 1.82) is 0 Å². The number of ether oxygens (including phenoxy) is 1. The normalized spacial score (nSPS) is 9.29. The lowest BCUT2D eigenvalue weighted by atomic mass is 10.2. The molecule has 0 unspecified atom stereocenters. The van der Waals surface area contributed by atoms with E-state index in [2.05, 4.69) is 11.2 Å². The molecule has 0 heterocycles. The van der Waals surface area contributed by atoms with E-state index < -0.39 is 11.6 Å². The molecule has 1 rings (SSSR count). The second-order valence-electron chi connectivity index (χ2n) is 2.53. The summed E-state index contributed by atoms with van der Waals surface area (Å²) in [5.41, 5.74) is 0.211. The molecular formula is C10H9F2NO. The minimum atomic E-state index is -0.757. The van der Waals surface area contributed by atoms with Crippen LogP contribution in [0.3, 0.4) is 0 Å². The second-order valence-corrected chi connectivity index (χ2v) is 2.53. The first-order chi connectivity index (χ1) is 6.69. The molecule has 1 aromatic carbocycles. The number of anilines is 1. The molecule has 14 heavy (non-hydrogen) atoms. The average molecular weight is 197 g/mol. The molecule has 2 nitrogen and oxygen atoms in total. The van der Waals surface area contributed by atoms with E-state index in [4.69, 9.17) is 11.2 Å². The van der Waals surface area contributed by atoms with Gasteiger partial charge in [-0.15, -0.1) is 6.42 Å². The second kappa shape index (κ2) is 4.47. The molecule has 0 radical (unpaired) electrons. The molecule has 4 heteroatoms. The average Bonchev–Trinajstić information content (AvgIpc) is 2.14. The maximum absolute atomic E-state index is 13.1. The van der Waals surface area contributed by atoms with Gasteiger partial charge in [-0.05, 0) is 0 Å². The molecular weight excluding hydrogens is 188 g/mol. The van der Waals surface area contributed by atoms with Crippen molar-refractivity contribution in [2.75, 3.05) is 19.0 Å². The third-order valence-corrected chi connectivity index (χ3v) is 1.59. The Morgan fingerprint density at radius 2 is 2.21 bits per heavy atom. The van der Waals surface area contributed by atoms with E-state index in [0.29, 0.717) is 0 Å². The molecule has 0 aromatic heterocycles. The van der Waals surface area contributed by atoms with Gasteiger partial charge >= 0.3 is 0 Å². The summed E-state index contributed by atoms with van der Waals surface area (Å²) in [6.07, 6.45) is 5.00. The fourth-order valence-corrected chi connectivity index (χ4v) is 1.05. The minimum absolute atomic E-state index is 0.0401. The zero-order chi connectivity index (χ0) is 10.6. The molecule has 0 saturated carbocycles. The fraction of sp³-hybridized carbons (Fsp3) is 0.200. The van der Waals surface area contributed by atoms with Gasteiger partial charge in [0, 0.05) is 12.1 Å². The van der Waals surface area contributed by atoms with Crippen molar-refractivity contribution in [1.82, 2.24) is 0 Å². The van der Waals surface area contributed by atoms with Crippen LogP contribution in [-0.2, 0) is 0 Å². The third kappa shape index (κ3) is 2.13. The largest absolute Gasteiger partial charge is 0.492 e. The lowest BCUT2D eigenvalue weighted by Crippen LogP contribution is -2.03. The Morgan fingerprint density at radius 3 is 2.79 bits per heavy atom. The number of benzene rings is 1. The van der Waals surface area contributed by atoms with Gasteiger partial charge in [-0.25, -0.2) is 8.78 Å². The SMILES string of the molecule is C#CCNc1cc(F)cc(F)c1OC. The zero-order valence-electron chi connectivity index (χ0n) is 7.60. The summed E-state index contributed by atoms with van der Waals surface area (Å²) in [4.78, 5) is 0. The van der Waals surface area contributed by atoms with Gasteiger partial charge in [0.05, 0.1) is 19.3 Å². The first-order valence-corrected chi connectivity index (χ1v) is 3.89. The molecule has 0 aliphatic heterocycles. The number of hydrogen-bond donors (Lipinski definition) is 1. The highest BCUT2D eigenvalue weighted by molar-refractivity contribution is 5.57. The highest BCUT2D eigenvalue weighted by Gasteiger charge is 2.10. The van der Waals surface area contributed by atoms with E-state index in [1.165, 1.54) is 7.11 Å². The number of hydrogen-bond acceptors (Lipinski definition) is 2. The summed E-state index contributed by atoms with van der Waals surface area (Å²) in [5, 5.41) is 2.65. The summed E-state index contributed by atoms with van der Waals surface area (Å²) < 4.78 is 30.6. The number of nitrogens with one attached hydrogen (secondary N) is 1. The van der Waals surface area contributed by atoms with E-state index in [-0.39, 0.29) is 18.0 Å². The molecule has 1 aromatic rings. The molecule has 0 atom stereocenters. The monoisotopic (exact) mass is 197 g/mol. The predicted molar refractivity (Wildman–Crippen MR) is 50.2 cm³/mol. The van der Waals surface area contributed by atoms with Crippen LogP contribution in [-0.4, -0.2) is 13.7 Å². The van der Waals surface area contributed by atoms with Gasteiger partial charge in [-0.2, -0.15) is 0 Å². The Bertz CT molecular complexity index is 371. The van der Waals surface area contributed by atoms with Crippen LogP contribution in [0.15, 0.2) is 12.1 Å². The Hall–Kier alpha value is -1.76. The molecule has 0 aliphatic rings. The maximum Gasteiger partial charge on any atom is 0.177 e. The molecule has 0 fully saturated rings. The Labute approximate surface area is 80.9 Å². The van der Waals surface area contributed by atoms with Crippen LogP contribution in [0.25, 0.3) is 0 Å². The van der Waals surface area contributed by atoms with Gasteiger partial charge in [0.1, 0.15) is 5.82 Å². The van der Waals surface area contributed by atoms with Gasteiger partial charge < -0.3 is 10.1 Å². The van der Waals surface area contributed by atoms with Gasteiger partial charge in [0.2, 0.25) is 0 Å². The van der Waals surface area contributed by atoms with E-state index in [0.717, 1.165) is 12.1 Å². The molecule has 0 spiro atoms. The topological polar surface area (TPSA) is 21.3 Å². The molecule has 0 amide bonds. The summed E-state index contributed by atoms with van der Waals surface area (Å²) in [6, 6.07) is 1.87. The molecule has 0 aliphatic carbocycles. The predicted octanol–water partition coefficient (Wildman–Crippen LogP) is 2.02. The van der Waals surface area contributed by atoms with Crippen molar-refractivity contribution in [2.24, 2.45) is 0 Å². The van der Waals surface area contributed by atoms with Gasteiger partial charge in [0.15, 0.2) is 11.6 Å². The smallest absolute Gasteiger partial charge is 0.177 e. The van der Waals surface area contributed by atoms with Crippen LogP contribution >= 0.6 is 0 Å². The van der Waals surface area contributed by atoms with Crippen LogP contribution in [0.5, 0.6) is 5.75 Å². The Morgan fingerprint density at radius 1 is 1.50 bits per heavy atom. The fourth-order valence-electron chi connectivity index (χ4n) is 1.05. The lowest BCUT2D eigenvalue weighted by Gasteiger charge is -2.09. The third-order valence-electron chi connectivity index (χ3n) is 1.59. The highest BCUT2D eigenvalue weighted by Crippen LogP contribution is 2.28. The molecule has 0 bridgehead atoms. The van der Waals surface area contributed by atoms with Gasteiger partial charge in [-0.3, -0.25) is 0 Å². The molecule has 0 saturated heterocycles. The summed E-state index contributed by atoms with van der Waals surface area (Å²) in [6.45, 7) is 0.180. The Kier molecular flexibility index (Phi) is 3.29. The summed E-state index contributed by atoms with van der Waals surface area (Å²) in [7, 11) is 1.30. The minimum Gasteiger partial charge on any atom is -0.492 e. The van der Waals surface area contributed by atoms with Crippen molar-refractivity contribution in [3.8, 4) is 18.1 Å². The lowest BCUT2D eigenvalue weighted by molar-refractivity contribution is 0.386. The van der Waals surface area contributed by atoms with Crippen LogP contribution in [0, 0.1) is 24.0 Å². The van der Waals surface area contributed by atoms with E-state index >= 15 is 0 Å². The first-order valence-electron chi connectivity index (χ1n) is 3.89. The van der Waals surface area contributed by atoms with Crippen molar-refractivity contribution >= 4 is 5.69 Å². The number of methoxy groups -OCH3 is 1. The maximum atomic E-state index is 13.1. The summed E-state index contributed by atoms with van der Waals surface area (Å²) in [5.74, 6) is 0.819. The Balaban J connectivity index is 3.06. The number of terminal acetylenes is 1. The highest BCUT2D eigenvalue weighted by atomic mass is 19.1. The zero-order valence-corrected chi connectivity index (χ0v) is 7.60. The molecule has 74 valence electrons. The van der Waals surface area contributed by atoms with Crippen LogP contribution in [0.4, 0.5) is 14.5 Å². The number of halogens is 2. The van der Waals surface area contributed by atoms with E-state index in [1.54, 1.807) is 0 Å². The van der Waals surface area contributed by atoms with Crippen molar-refractivity contribution < 1.29 is 13.5 Å². The van der Waals surface area contributed by atoms with Crippen molar-refractivity contribution in [3.63, 3.8) is 0 Å². The van der Waals surface area contributed by atoms with Gasteiger partial charge in [0.25, 0.3) is 0 Å². The standard InChI is InChI=1S/C10H9F2NO/c1-3-4-13-9-6-7(11)5-8(12)10(9)14-2/h1,5-6,13H,4H2,2H3. The first kappa shape index (κ1) is 10.3. The van der Waals surface area contributed by atoms with Crippen LogP contribution < -0.4 is 10.1 Å². The van der Waals surface area contributed by atoms with E-state index in [1.807, 2.05) is 0 Å². The van der Waals surface area contributed by atoms with Crippen LogP contribution in [0.1, 0.15) is 0 Å². The summed E-state index contributed by atoms with van der Waals surface area (Å²) >= 11 is 0.